The fourth-order valence-corrected chi connectivity index (χ4v) is 1.35. The van der Waals surface area contributed by atoms with Gasteiger partial charge in [-0.05, 0) is 25.5 Å². The molecular weight excluding hydrogens is 190 g/mol. The third kappa shape index (κ3) is 3.94. The Morgan fingerprint density at radius 2 is 2.33 bits per heavy atom. The molecule has 0 amide bonds. The average molecular weight is 206 g/mol. The smallest absolute Gasteiger partial charge is 0.330 e. The molecule has 1 aromatic heterocycles. The number of carbonyl (C=O) groups excluding carboxylic acids is 1. The van der Waals surface area contributed by atoms with E-state index in [0.717, 1.165) is 5.57 Å². The normalized spacial score (nSPS) is 11.3. The molecule has 0 saturated heterocycles. The summed E-state index contributed by atoms with van der Waals surface area (Å²) in [7, 11) is 1.38. The summed E-state index contributed by atoms with van der Waals surface area (Å²) in [6, 6.07) is 4.02. The molecule has 0 fully saturated rings. The van der Waals surface area contributed by atoms with Crippen LogP contribution in [0.15, 0.2) is 36.2 Å². The Morgan fingerprint density at radius 3 is 2.93 bits per heavy atom. The summed E-state index contributed by atoms with van der Waals surface area (Å²) in [5, 5.41) is 0. The Hall–Kier alpha value is -1.64. The summed E-state index contributed by atoms with van der Waals surface area (Å²) < 4.78 is 6.59. The van der Waals surface area contributed by atoms with E-state index in [1.165, 1.54) is 18.7 Å². The van der Waals surface area contributed by atoms with Gasteiger partial charge in [-0.1, -0.05) is 0 Å². The van der Waals surface area contributed by atoms with Crippen molar-refractivity contribution in [1.82, 2.24) is 0 Å². The Morgan fingerprint density at radius 1 is 1.60 bits per heavy atom. The molecule has 0 aliphatic carbocycles. The number of nitrogens with zero attached hydrogens (tertiary/aromatic N) is 1. The van der Waals surface area contributed by atoms with Gasteiger partial charge in [0.2, 0.25) is 0 Å². The number of allylic oxidation sites excluding steroid dienone is 1. The maximum Gasteiger partial charge on any atom is 0.330 e. The predicted molar refractivity (Wildman–Crippen MR) is 57.1 cm³/mol. The molecule has 3 nitrogen and oxygen atoms in total. The van der Waals surface area contributed by atoms with Crippen LogP contribution in [0.4, 0.5) is 0 Å². The molecule has 1 aromatic rings. The highest BCUT2D eigenvalue weighted by Crippen LogP contribution is 1.95. The first-order valence-corrected chi connectivity index (χ1v) is 4.82. The van der Waals surface area contributed by atoms with Gasteiger partial charge in [0.15, 0.2) is 18.9 Å². The summed E-state index contributed by atoms with van der Waals surface area (Å²) in [6.07, 6.45) is 5.52. The number of esters is 1. The molecule has 0 radical (unpaired) electrons. The number of methoxy groups -OCH3 is 1. The van der Waals surface area contributed by atoms with Gasteiger partial charge in [-0.3, -0.25) is 0 Å². The van der Waals surface area contributed by atoms with Gasteiger partial charge in [0.25, 0.3) is 0 Å². The summed E-state index contributed by atoms with van der Waals surface area (Å²) in [5.41, 5.74) is 2.17. The van der Waals surface area contributed by atoms with E-state index >= 15 is 0 Å². The molecule has 0 saturated carbocycles. The number of hydrogen-bond acceptors (Lipinski definition) is 2. The lowest BCUT2D eigenvalue weighted by Gasteiger charge is -1.98. The maximum atomic E-state index is 11.0. The minimum atomic E-state index is -0.305. The van der Waals surface area contributed by atoms with Crippen LogP contribution in [-0.2, 0) is 16.1 Å². The number of aryl methyl sites for hydroxylation is 1. The summed E-state index contributed by atoms with van der Waals surface area (Å²) in [5.74, 6) is -0.305. The Kier molecular flexibility index (Phi) is 4.03. The topological polar surface area (TPSA) is 30.2 Å². The number of pyridine rings is 1. The van der Waals surface area contributed by atoms with E-state index in [9.17, 15) is 4.79 Å². The van der Waals surface area contributed by atoms with Gasteiger partial charge in [0.05, 0.1) is 7.11 Å². The van der Waals surface area contributed by atoms with Crippen LogP contribution in [0.2, 0.25) is 0 Å². The van der Waals surface area contributed by atoms with Crippen LogP contribution in [-0.4, -0.2) is 13.1 Å². The van der Waals surface area contributed by atoms with E-state index in [1.807, 2.05) is 42.9 Å². The fourth-order valence-electron chi connectivity index (χ4n) is 1.35. The lowest BCUT2D eigenvalue weighted by molar-refractivity contribution is -0.689. The van der Waals surface area contributed by atoms with Crippen LogP contribution in [0.1, 0.15) is 12.5 Å². The third-order valence-electron chi connectivity index (χ3n) is 2.00. The zero-order chi connectivity index (χ0) is 11.3. The van der Waals surface area contributed by atoms with Gasteiger partial charge >= 0.3 is 5.97 Å². The lowest BCUT2D eigenvalue weighted by atomic mass is 10.2. The number of carbonyl (C=O) groups is 1. The van der Waals surface area contributed by atoms with Gasteiger partial charge in [0.1, 0.15) is 0 Å². The van der Waals surface area contributed by atoms with E-state index in [-0.39, 0.29) is 5.97 Å². The van der Waals surface area contributed by atoms with Crippen LogP contribution in [0.25, 0.3) is 0 Å². The van der Waals surface area contributed by atoms with Crippen molar-refractivity contribution < 1.29 is 14.1 Å². The van der Waals surface area contributed by atoms with Crippen molar-refractivity contribution >= 4 is 5.97 Å². The van der Waals surface area contributed by atoms with Crippen molar-refractivity contribution in [3.8, 4) is 0 Å². The van der Waals surface area contributed by atoms with Crippen LogP contribution in [0, 0.1) is 6.92 Å². The Bertz CT molecular complexity index is 383. The first-order chi connectivity index (χ1) is 7.11. The van der Waals surface area contributed by atoms with E-state index in [4.69, 9.17) is 0 Å². The molecule has 0 N–H and O–H groups in total. The standard InChI is InChI=1S/C12H16NO2/c1-10-5-4-6-13(8-10)9-11(2)7-12(14)15-3/h4-8H,9H2,1-3H3/q+1/b11-7+. The minimum Gasteiger partial charge on any atom is -0.466 e. The molecule has 0 unspecified atom stereocenters. The summed E-state index contributed by atoms with van der Waals surface area (Å²) >= 11 is 0. The van der Waals surface area contributed by atoms with Crippen molar-refractivity contribution in [2.24, 2.45) is 0 Å². The fraction of sp³-hybridized carbons (Fsp3) is 0.333. The SMILES string of the molecule is COC(=O)/C=C(\C)C[n+]1cccc(C)c1. The van der Waals surface area contributed by atoms with Crippen molar-refractivity contribution in [3.63, 3.8) is 0 Å². The number of aromatic nitrogens is 1. The number of hydrogen-bond donors (Lipinski definition) is 0. The van der Waals surface area contributed by atoms with Gasteiger partial charge in [-0.25, -0.2) is 9.36 Å². The summed E-state index contributed by atoms with van der Waals surface area (Å²) in [6.45, 7) is 4.65. The first-order valence-electron chi connectivity index (χ1n) is 4.82. The van der Waals surface area contributed by atoms with Gasteiger partial charge < -0.3 is 4.74 Å². The van der Waals surface area contributed by atoms with Crippen LogP contribution in [0.3, 0.4) is 0 Å². The third-order valence-corrected chi connectivity index (χ3v) is 2.00. The minimum absolute atomic E-state index is 0.305. The van der Waals surface area contributed by atoms with E-state index < -0.39 is 0 Å². The van der Waals surface area contributed by atoms with Crippen molar-refractivity contribution in [2.45, 2.75) is 20.4 Å². The zero-order valence-electron chi connectivity index (χ0n) is 9.36. The highest BCUT2D eigenvalue weighted by atomic mass is 16.5. The molecular formula is C12H16NO2+. The second-order valence-corrected chi connectivity index (χ2v) is 3.57. The molecule has 0 spiro atoms. The quantitative estimate of drug-likeness (QED) is 0.425. The van der Waals surface area contributed by atoms with Crippen molar-refractivity contribution in [1.29, 1.82) is 0 Å². The molecule has 3 heteroatoms. The number of rotatable bonds is 3. The van der Waals surface area contributed by atoms with Gasteiger partial charge in [0, 0.05) is 17.7 Å². The molecule has 0 aromatic carbocycles. The molecule has 0 bridgehead atoms. The summed E-state index contributed by atoms with van der Waals surface area (Å²) in [4.78, 5) is 11.0. The van der Waals surface area contributed by atoms with Crippen LogP contribution < -0.4 is 4.57 Å². The van der Waals surface area contributed by atoms with Crippen molar-refractivity contribution in [3.05, 3.63) is 41.7 Å². The van der Waals surface area contributed by atoms with Crippen LogP contribution >= 0.6 is 0 Å². The second-order valence-electron chi connectivity index (χ2n) is 3.57. The molecule has 0 atom stereocenters. The molecule has 0 aliphatic heterocycles. The lowest BCUT2D eigenvalue weighted by Crippen LogP contribution is -2.33. The van der Waals surface area contributed by atoms with Crippen LogP contribution in [0.5, 0.6) is 0 Å². The molecule has 15 heavy (non-hydrogen) atoms. The van der Waals surface area contributed by atoms with E-state index in [1.54, 1.807) is 0 Å². The Balaban J connectivity index is 2.70. The number of ether oxygens (including phenoxy) is 1. The molecule has 0 aliphatic rings. The second kappa shape index (κ2) is 5.29. The molecule has 80 valence electrons. The van der Waals surface area contributed by atoms with Crippen molar-refractivity contribution in [2.75, 3.05) is 7.11 Å². The van der Waals surface area contributed by atoms with Gasteiger partial charge in [-0.2, -0.15) is 0 Å². The highest BCUT2D eigenvalue weighted by Gasteiger charge is 2.03. The average Bonchev–Trinajstić information content (AvgIpc) is 2.17. The molecule has 1 heterocycles. The Labute approximate surface area is 90.0 Å². The largest absolute Gasteiger partial charge is 0.466 e. The van der Waals surface area contributed by atoms with E-state index in [0.29, 0.717) is 6.54 Å². The maximum absolute atomic E-state index is 11.0. The predicted octanol–water partition coefficient (Wildman–Crippen LogP) is 1.40. The zero-order valence-corrected chi connectivity index (χ0v) is 9.36. The van der Waals surface area contributed by atoms with E-state index in [2.05, 4.69) is 4.74 Å². The monoisotopic (exact) mass is 206 g/mol. The first kappa shape index (κ1) is 11.4. The van der Waals surface area contributed by atoms with Gasteiger partial charge in [-0.15, -0.1) is 0 Å². The highest BCUT2D eigenvalue weighted by molar-refractivity contribution is 5.82. The molecule has 1 rings (SSSR count).